The largest absolute Gasteiger partial charge is 0.358 e. The Bertz CT molecular complexity index is 2330. The topological polar surface area (TPSA) is 40.3 Å². The predicted octanol–water partition coefficient (Wildman–Crippen LogP) is 9.97. The van der Waals surface area contributed by atoms with Gasteiger partial charge < -0.3 is 9.47 Å². The van der Waals surface area contributed by atoms with Gasteiger partial charge in [0.05, 0.1) is 11.1 Å². The number of rotatable bonds is 5. The Morgan fingerprint density at radius 1 is 0.745 bits per heavy atom. The molecule has 0 bridgehead atoms. The van der Waals surface area contributed by atoms with Crippen molar-refractivity contribution in [2.45, 2.75) is 26.2 Å². The minimum absolute atomic E-state index is 0. The molecule has 0 amide bonds. The fraction of sp³-hybridized carbons (Fsp3) is 0.125. The average molecular weight is 799 g/mol. The molecule has 0 aliphatic carbocycles. The van der Waals surface area contributed by atoms with Crippen LogP contribution in [-0.4, -0.2) is 21.5 Å². The Balaban J connectivity index is 0.00000392. The zero-order valence-electron chi connectivity index (χ0n) is 29.1. The van der Waals surface area contributed by atoms with Crippen molar-refractivity contribution < 1.29 is 30.1 Å². The Morgan fingerprint density at radius 3 is 2.30 bits per heavy atom. The van der Waals surface area contributed by atoms with Gasteiger partial charge >= 0.3 is 0 Å². The first-order valence-electron chi connectivity index (χ1n) is 16.8. The van der Waals surface area contributed by atoms with Crippen molar-refractivity contribution in [2.24, 2.45) is 0 Å². The summed E-state index contributed by atoms with van der Waals surface area (Å²) < 4.78 is 26.4. The van der Waals surface area contributed by atoms with Gasteiger partial charge in [0.15, 0.2) is 0 Å². The van der Waals surface area contributed by atoms with Crippen LogP contribution in [0.15, 0.2) is 128 Å². The van der Waals surface area contributed by atoms with Gasteiger partial charge in [0.1, 0.15) is 17.2 Å². The summed E-state index contributed by atoms with van der Waals surface area (Å²) in [5.41, 5.74) is 7.38. The second-order valence-corrected chi connectivity index (χ2v) is 12.4. The third-order valence-corrected chi connectivity index (χ3v) is 8.41. The van der Waals surface area contributed by atoms with Crippen LogP contribution in [0.5, 0.6) is 0 Å². The molecule has 1 aliphatic heterocycles. The molecule has 236 valence electrons. The van der Waals surface area contributed by atoms with E-state index in [0.717, 1.165) is 49.7 Å². The maximum atomic E-state index is 8.09. The average Bonchev–Trinajstić information content (AvgIpc) is 3.65. The summed E-state index contributed by atoms with van der Waals surface area (Å²) in [6.45, 7) is 4.18. The Labute approximate surface area is 293 Å². The number of hydroxylamine groups is 1. The molecular weight excluding hydrogens is 762 g/mol. The number of anilines is 6. The smallest absolute Gasteiger partial charge is 0.145 e. The van der Waals surface area contributed by atoms with Gasteiger partial charge in [0, 0.05) is 44.2 Å². The molecule has 0 spiro atoms. The predicted molar refractivity (Wildman–Crippen MR) is 188 cm³/mol. The van der Waals surface area contributed by atoms with E-state index in [1.807, 2.05) is 72.9 Å². The zero-order valence-corrected chi connectivity index (χ0v) is 28.4. The van der Waals surface area contributed by atoms with E-state index in [9.17, 15) is 0 Å². The van der Waals surface area contributed by atoms with Crippen LogP contribution >= 0.6 is 0 Å². The molecule has 7 heteroatoms. The van der Waals surface area contributed by atoms with E-state index >= 15 is 0 Å². The molecule has 0 unspecified atom stereocenters. The number of pyridine rings is 1. The molecular formula is C40H34N5OPt-. The number of para-hydroxylation sites is 4. The van der Waals surface area contributed by atoms with E-state index in [2.05, 4.69) is 95.8 Å². The van der Waals surface area contributed by atoms with Crippen LogP contribution in [0.2, 0.25) is 0 Å². The van der Waals surface area contributed by atoms with Crippen LogP contribution < -0.4 is 15.0 Å². The van der Waals surface area contributed by atoms with Crippen LogP contribution in [0.25, 0.3) is 27.6 Å². The molecule has 0 saturated heterocycles. The SMILES string of the molecule is [2H]C([2H])([2H])N1[OH+]N(c2[c-]c(N(c3[c-]c4c(cc3)c3ccccc3n4-c3cc(C(C)(C)C)ccn3)c3ccccc3)ccc2)c2ccccc21.[Pt]. The molecule has 0 radical (unpaired) electrons. The third-order valence-electron chi connectivity index (χ3n) is 8.41. The number of nitrogens with zero attached hydrogens (tertiary/aromatic N) is 5. The van der Waals surface area contributed by atoms with E-state index in [1.54, 1.807) is 11.1 Å². The van der Waals surface area contributed by atoms with Crippen molar-refractivity contribution in [3.63, 3.8) is 0 Å². The number of hydrogen-bond donors (Lipinski definition) is 0. The number of hydrogen-bond acceptors (Lipinski definition) is 4. The number of aromatic nitrogens is 2. The summed E-state index contributed by atoms with van der Waals surface area (Å²) >= 11 is 0. The number of fused-ring (bicyclic) bond motifs is 4. The number of benzene rings is 5. The molecule has 0 atom stereocenters. The molecule has 1 aliphatic rings. The van der Waals surface area contributed by atoms with Gasteiger partial charge in [-0.25, -0.2) is 4.98 Å². The van der Waals surface area contributed by atoms with Gasteiger partial charge in [-0.05, 0) is 58.8 Å². The standard InChI is InChI=1S/C40H33N5O.Pt/c1-40(2,3)28-23-24-41-39(25-28)44-35-18-9-8-17-33(35)34-22-21-31(27-38(34)44)43(29-13-6-5-7-14-29)30-15-12-16-32(26-30)45-37-20-11-10-19-36(37)42(4)46-45;/h5-25H,1-4H3;/q-2;/p+1/i4D3;. The van der Waals surface area contributed by atoms with E-state index < -0.39 is 6.98 Å². The molecule has 3 heterocycles. The maximum absolute atomic E-state index is 8.09. The molecule has 0 fully saturated rings. The molecule has 0 saturated carbocycles. The van der Waals surface area contributed by atoms with Gasteiger partial charge in [-0.1, -0.05) is 86.2 Å². The summed E-state index contributed by atoms with van der Waals surface area (Å²) in [4.78, 5) is 11.5. The molecule has 5 aromatic carbocycles. The van der Waals surface area contributed by atoms with Crippen LogP contribution in [-0.2, 0) is 26.5 Å². The van der Waals surface area contributed by atoms with Crippen LogP contribution in [0, 0.1) is 12.1 Å². The summed E-state index contributed by atoms with van der Waals surface area (Å²) in [5, 5.41) is 4.91. The summed E-state index contributed by atoms with van der Waals surface area (Å²) in [6.07, 6.45) is 1.88. The summed E-state index contributed by atoms with van der Waals surface area (Å²) in [6, 6.07) is 47.4. The first-order valence-corrected chi connectivity index (χ1v) is 15.3. The third kappa shape index (κ3) is 5.38. The minimum Gasteiger partial charge on any atom is -0.358 e. The molecule has 8 rings (SSSR count). The molecule has 7 aromatic rings. The van der Waals surface area contributed by atoms with Gasteiger partial charge in [0.2, 0.25) is 0 Å². The van der Waals surface area contributed by atoms with Gasteiger partial charge in [0.25, 0.3) is 0 Å². The Kier molecular flexibility index (Phi) is 6.97. The minimum atomic E-state index is -2.44. The Morgan fingerprint density at radius 2 is 1.49 bits per heavy atom. The quantitative estimate of drug-likeness (QED) is 0.129. The zero-order chi connectivity index (χ0) is 33.9. The monoisotopic (exact) mass is 798 g/mol. The van der Waals surface area contributed by atoms with E-state index in [0.29, 0.717) is 17.1 Å². The van der Waals surface area contributed by atoms with E-state index in [-0.39, 0.29) is 26.5 Å². The van der Waals surface area contributed by atoms with Crippen molar-refractivity contribution in [1.82, 2.24) is 9.55 Å². The normalized spacial score (nSPS) is 14.0. The molecule has 1 N–H and O–H groups in total. The molecule has 47 heavy (non-hydrogen) atoms. The fourth-order valence-corrected chi connectivity index (χ4v) is 6.13. The summed E-state index contributed by atoms with van der Waals surface area (Å²) in [5.74, 6) is 0.833. The van der Waals surface area contributed by atoms with E-state index in [1.165, 1.54) is 5.56 Å². The van der Waals surface area contributed by atoms with Crippen LogP contribution in [0.1, 0.15) is 30.4 Å². The summed E-state index contributed by atoms with van der Waals surface area (Å²) in [7, 11) is 0. The van der Waals surface area contributed by atoms with Crippen LogP contribution in [0.3, 0.4) is 0 Å². The second-order valence-electron chi connectivity index (χ2n) is 12.4. The molecule has 6 nitrogen and oxygen atoms in total. The first kappa shape index (κ1) is 27.2. The van der Waals surface area contributed by atoms with Crippen molar-refractivity contribution in [1.29, 1.82) is 0 Å². The van der Waals surface area contributed by atoms with Gasteiger partial charge in [-0.15, -0.1) is 45.8 Å². The van der Waals surface area contributed by atoms with Crippen LogP contribution in [0.4, 0.5) is 34.1 Å². The maximum Gasteiger partial charge on any atom is 0.145 e. The van der Waals surface area contributed by atoms with Gasteiger partial charge in [-0.3, -0.25) is 0 Å². The van der Waals surface area contributed by atoms with Crippen molar-refractivity contribution in [3.8, 4) is 5.82 Å². The van der Waals surface area contributed by atoms with Crippen molar-refractivity contribution in [2.75, 3.05) is 22.0 Å². The fourth-order valence-electron chi connectivity index (χ4n) is 6.13. The molecule has 2 aromatic heterocycles. The Hall–Kier alpha value is -4.90. The van der Waals surface area contributed by atoms with E-state index in [4.69, 9.17) is 9.10 Å². The van der Waals surface area contributed by atoms with Gasteiger partial charge in [-0.2, -0.15) is 17.1 Å². The first-order chi connectivity index (χ1) is 23.6. The second kappa shape index (κ2) is 12.0. The van der Waals surface area contributed by atoms with Crippen molar-refractivity contribution >= 4 is 55.9 Å². The van der Waals surface area contributed by atoms with Crippen molar-refractivity contribution in [3.05, 3.63) is 145 Å².